The summed E-state index contributed by atoms with van der Waals surface area (Å²) in [5.74, 6) is -0.794. The number of hydrogen-bond donors (Lipinski definition) is 2. The summed E-state index contributed by atoms with van der Waals surface area (Å²) in [4.78, 5) is 26.2. The first-order valence-electron chi connectivity index (χ1n) is 12.4. The molecule has 39 heavy (non-hydrogen) atoms. The molecule has 1 aliphatic heterocycles. The van der Waals surface area contributed by atoms with Gasteiger partial charge in [-0.1, -0.05) is 48.5 Å². The van der Waals surface area contributed by atoms with Gasteiger partial charge in [-0.05, 0) is 76.7 Å². The summed E-state index contributed by atoms with van der Waals surface area (Å²) in [6.45, 7) is 0.584. The van der Waals surface area contributed by atoms with Crippen LogP contribution < -0.4 is 10.6 Å². The largest absolute Gasteiger partial charge is 0.416 e. The van der Waals surface area contributed by atoms with Gasteiger partial charge in [-0.3, -0.25) is 9.59 Å². The van der Waals surface area contributed by atoms with Crippen LogP contribution in [0.15, 0.2) is 91.0 Å². The number of carbonyl (C=O) groups is 2. The first-order chi connectivity index (χ1) is 18.7. The van der Waals surface area contributed by atoms with E-state index < -0.39 is 23.7 Å². The summed E-state index contributed by atoms with van der Waals surface area (Å²) in [6.07, 6.45) is -3.61. The molecule has 1 amide bonds. The van der Waals surface area contributed by atoms with Crippen LogP contribution in [0.4, 0.5) is 23.2 Å². The van der Waals surface area contributed by atoms with Gasteiger partial charge >= 0.3 is 6.18 Å². The minimum absolute atomic E-state index is 0.0372. The molecule has 4 aromatic rings. The van der Waals surface area contributed by atoms with Crippen molar-refractivity contribution in [2.45, 2.75) is 25.1 Å². The van der Waals surface area contributed by atoms with E-state index in [1.807, 2.05) is 12.1 Å². The minimum Gasteiger partial charge on any atom is -0.322 e. The molecular weight excluding hydrogens is 508 g/mol. The Morgan fingerprint density at radius 3 is 2.33 bits per heavy atom. The topological polar surface area (TPSA) is 58.2 Å². The van der Waals surface area contributed by atoms with Crippen LogP contribution in [0.3, 0.4) is 0 Å². The second kappa shape index (κ2) is 10.8. The third-order valence-electron chi connectivity index (χ3n) is 6.76. The maximum absolute atomic E-state index is 13.2. The Kier molecular flexibility index (Phi) is 7.30. The van der Waals surface area contributed by atoms with Crippen LogP contribution in [-0.2, 0) is 23.8 Å². The number of anilines is 1. The van der Waals surface area contributed by atoms with E-state index in [4.69, 9.17) is 0 Å². The van der Waals surface area contributed by atoms with Crippen LogP contribution in [0.25, 0.3) is 11.1 Å². The Morgan fingerprint density at radius 2 is 1.62 bits per heavy atom. The minimum atomic E-state index is -4.44. The van der Waals surface area contributed by atoms with Gasteiger partial charge in [-0.2, -0.15) is 13.2 Å². The van der Waals surface area contributed by atoms with Crippen molar-refractivity contribution in [2.75, 3.05) is 11.9 Å². The van der Waals surface area contributed by atoms with Crippen LogP contribution in [0.1, 0.15) is 38.7 Å². The number of fused-ring (bicyclic) bond motifs is 1. The number of halogens is 4. The summed E-state index contributed by atoms with van der Waals surface area (Å²) in [6, 6.07) is 22.1. The van der Waals surface area contributed by atoms with Crippen molar-refractivity contribution in [2.24, 2.45) is 0 Å². The fourth-order valence-electron chi connectivity index (χ4n) is 4.81. The molecule has 0 aliphatic carbocycles. The highest BCUT2D eigenvalue weighted by molar-refractivity contribution is 6.08. The van der Waals surface area contributed by atoms with Gasteiger partial charge in [0, 0.05) is 24.2 Å². The molecule has 0 aromatic heterocycles. The van der Waals surface area contributed by atoms with E-state index in [-0.39, 0.29) is 18.0 Å². The molecule has 1 aliphatic rings. The summed E-state index contributed by atoms with van der Waals surface area (Å²) in [7, 11) is 0. The van der Waals surface area contributed by atoms with Crippen LogP contribution in [0, 0.1) is 5.82 Å². The fourth-order valence-corrected chi connectivity index (χ4v) is 4.81. The van der Waals surface area contributed by atoms with Crippen molar-refractivity contribution in [3.05, 3.63) is 125 Å². The molecule has 0 spiro atoms. The Morgan fingerprint density at radius 1 is 0.897 bits per heavy atom. The molecular formula is C31H24F4N2O2. The smallest absolute Gasteiger partial charge is 0.322 e. The van der Waals surface area contributed by atoms with Gasteiger partial charge in [0.1, 0.15) is 5.82 Å². The summed E-state index contributed by atoms with van der Waals surface area (Å²) in [5.41, 5.74) is 3.61. The van der Waals surface area contributed by atoms with Gasteiger partial charge < -0.3 is 10.6 Å². The Labute approximate surface area is 222 Å². The van der Waals surface area contributed by atoms with E-state index in [1.165, 1.54) is 24.3 Å². The van der Waals surface area contributed by atoms with Crippen LogP contribution in [0.5, 0.6) is 0 Å². The zero-order chi connectivity index (χ0) is 27.6. The van der Waals surface area contributed by atoms with Crippen molar-refractivity contribution in [3.63, 3.8) is 0 Å². The van der Waals surface area contributed by atoms with Crippen LogP contribution >= 0.6 is 0 Å². The molecule has 4 aromatic carbocycles. The second-order valence-electron chi connectivity index (χ2n) is 9.40. The number of nitrogens with one attached hydrogen (secondary N) is 2. The van der Waals surface area contributed by atoms with Gasteiger partial charge in [0.2, 0.25) is 0 Å². The third-order valence-corrected chi connectivity index (χ3v) is 6.76. The number of Topliss-reactive ketones (excluding diaryl/α,β-unsaturated/α-hetero) is 1. The van der Waals surface area contributed by atoms with Crippen molar-refractivity contribution < 1.29 is 27.2 Å². The second-order valence-corrected chi connectivity index (χ2v) is 9.40. The van der Waals surface area contributed by atoms with Crippen molar-refractivity contribution in [1.82, 2.24) is 5.32 Å². The maximum atomic E-state index is 13.2. The predicted molar refractivity (Wildman–Crippen MR) is 141 cm³/mol. The van der Waals surface area contributed by atoms with Crippen molar-refractivity contribution >= 4 is 17.4 Å². The molecule has 8 heteroatoms. The molecule has 0 fully saturated rings. The molecule has 198 valence electrons. The monoisotopic (exact) mass is 532 g/mol. The summed E-state index contributed by atoms with van der Waals surface area (Å²) >= 11 is 0. The summed E-state index contributed by atoms with van der Waals surface area (Å²) in [5, 5.41) is 6.13. The molecule has 5 rings (SSSR count). The third kappa shape index (κ3) is 5.91. The highest BCUT2D eigenvalue weighted by Crippen LogP contribution is 2.32. The fraction of sp³-hybridized carbons (Fsp3) is 0.161. The van der Waals surface area contributed by atoms with Crippen molar-refractivity contribution in [1.29, 1.82) is 0 Å². The van der Waals surface area contributed by atoms with Gasteiger partial charge in [0.15, 0.2) is 5.78 Å². The number of benzene rings is 4. The molecule has 0 saturated carbocycles. The molecule has 0 bridgehead atoms. The van der Waals surface area contributed by atoms with Gasteiger partial charge in [-0.25, -0.2) is 4.39 Å². The first kappa shape index (κ1) is 26.3. The zero-order valence-electron chi connectivity index (χ0n) is 20.7. The van der Waals surface area contributed by atoms with E-state index in [1.54, 1.807) is 42.5 Å². The van der Waals surface area contributed by atoms with Crippen molar-refractivity contribution in [3.8, 4) is 11.1 Å². The molecule has 1 atom stereocenters. The number of amides is 1. The number of ketones is 1. The molecule has 2 N–H and O–H groups in total. The zero-order valence-corrected chi connectivity index (χ0v) is 20.7. The molecule has 0 saturated heterocycles. The molecule has 1 heterocycles. The first-order valence-corrected chi connectivity index (χ1v) is 12.4. The Hall–Kier alpha value is -4.30. The standard InChI is InChI=1S/C31H24F4N2O2/c32-23-11-5-19(6-12-23)17-28(38)29-26-14-13-24(18-21(26)15-16-36-29)37-30(39)27-4-2-1-3-25(27)20-7-9-22(10-8-20)31(33,34)35/h1-14,18,29,36H,15-17H2,(H,37,39). The number of carbonyl (C=O) groups excluding carboxylic acids is 2. The Balaban J connectivity index is 1.34. The molecule has 1 unspecified atom stereocenters. The quantitative estimate of drug-likeness (QED) is 0.270. The number of hydrogen-bond acceptors (Lipinski definition) is 3. The average Bonchev–Trinajstić information content (AvgIpc) is 2.93. The lowest BCUT2D eigenvalue weighted by molar-refractivity contribution is -0.137. The van der Waals surface area contributed by atoms with E-state index in [2.05, 4.69) is 10.6 Å². The lowest BCUT2D eigenvalue weighted by Gasteiger charge is -2.26. The van der Waals surface area contributed by atoms with E-state index in [9.17, 15) is 27.2 Å². The Bertz CT molecular complexity index is 1510. The highest BCUT2D eigenvalue weighted by atomic mass is 19.4. The molecule has 4 nitrogen and oxygen atoms in total. The average molecular weight is 533 g/mol. The van der Waals surface area contributed by atoms with E-state index >= 15 is 0 Å². The van der Waals surface area contributed by atoms with Gasteiger partial charge in [0.25, 0.3) is 5.91 Å². The maximum Gasteiger partial charge on any atom is 0.416 e. The lowest BCUT2D eigenvalue weighted by atomic mass is 9.89. The number of alkyl halides is 3. The number of rotatable bonds is 6. The molecule has 0 radical (unpaired) electrons. The summed E-state index contributed by atoms with van der Waals surface area (Å²) < 4.78 is 52.1. The van der Waals surface area contributed by atoms with E-state index in [0.29, 0.717) is 35.3 Å². The predicted octanol–water partition coefficient (Wildman–Crippen LogP) is 6.76. The normalized spacial score (nSPS) is 14.9. The van der Waals surface area contributed by atoms with Crippen LogP contribution in [0.2, 0.25) is 0 Å². The SMILES string of the molecule is O=C(Nc1ccc2c(c1)CCNC2C(=O)Cc1ccc(F)cc1)c1ccccc1-c1ccc(C(F)(F)F)cc1. The van der Waals surface area contributed by atoms with Gasteiger partial charge in [0.05, 0.1) is 11.6 Å². The van der Waals surface area contributed by atoms with Crippen LogP contribution in [-0.4, -0.2) is 18.2 Å². The van der Waals surface area contributed by atoms with E-state index in [0.717, 1.165) is 28.8 Å². The van der Waals surface area contributed by atoms with Gasteiger partial charge in [-0.15, -0.1) is 0 Å². The highest BCUT2D eigenvalue weighted by Gasteiger charge is 2.30. The lowest BCUT2D eigenvalue weighted by Crippen LogP contribution is -2.36.